The van der Waals surface area contributed by atoms with Gasteiger partial charge in [-0.1, -0.05) is 13.8 Å². The lowest BCUT2D eigenvalue weighted by Gasteiger charge is -2.18. The van der Waals surface area contributed by atoms with E-state index in [1.165, 1.54) is 4.31 Å². The van der Waals surface area contributed by atoms with Gasteiger partial charge in [-0.25, -0.2) is 0 Å². The van der Waals surface area contributed by atoms with Crippen LogP contribution >= 0.6 is 0 Å². The molecular formula is C11H27N3O3S. The first-order chi connectivity index (χ1) is 8.40. The molecule has 18 heavy (non-hydrogen) atoms. The zero-order valence-corrected chi connectivity index (χ0v) is 12.7. The fourth-order valence-electron chi connectivity index (χ4n) is 1.31. The molecule has 0 saturated heterocycles. The fraction of sp³-hybridized carbons (Fsp3) is 1.00. The van der Waals surface area contributed by atoms with Crippen molar-refractivity contribution >= 4 is 10.2 Å². The second kappa shape index (κ2) is 9.69. The maximum absolute atomic E-state index is 11.8. The molecular weight excluding hydrogens is 254 g/mol. The average Bonchev–Trinajstić information content (AvgIpc) is 2.29. The molecule has 2 N–H and O–H groups in total. The van der Waals surface area contributed by atoms with Crippen LogP contribution in [0.4, 0.5) is 0 Å². The molecule has 0 amide bonds. The van der Waals surface area contributed by atoms with Crippen LogP contribution in [0.3, 0.4) is 0 Å². The van der Waals surface area contributed by atoms with Gasteiger partial charge >= 0.3 is 0 Å². The van der Waals surface area contributed by atoms with Crippen molar-refractivity contribution in [3.05, 3.63) is 0 Å². The first-order valence-electron chi connectivity index (χ1n) is 6.42. The minimum Gasteiger partial charge on any atom is -0.380 e. The third-order valence-electron chi connectivity index (χ3n) is 2.35. The summed E-state index contributed by atoms with van der Waals surface area (Å²) in [5.41, 5.74) is 0. The standard InChI is InChI=1S/C11H27N3O3S/c1-5-17-10-8-13-18(15,16)14(4)9-6-7-12-11(2)3/h11-13H,5-10H2,1-4H3. The van der Waals surface area contributed by atoms with Crippen molar-refractivity contribution in [1.29, 1.82) is 0 Å². The highest BCUT2D eigenvalue weighted by Gasteiger charge is 2.15. The molecule has 7 heteroatoms. The van der Waals surface area contributed by atoms with Gasteiger partial charge in [0.05, 0.1) is 6.61 Å². The number of ether oxygens (including phenoxy) is 1. The van der Waals surface area contributed by atoms with Gasteiger partial charge in [0.1, 0.15) is 0 Å². The highest BCUT2D eigenvalue weighted by Crippen LogP contribution is 1.95. The highest BCUT2D eigenvalue weighted by atomic mass is 32.2. The van der Waals surface area contributed by atoms with E-state index in [-0.39, 0.29) is 0 Å². The Morgan fingerprint density at radius 2 is 1.94 bits per heavy atom. The summed E-state index contributed by atoms with van der Waals surface area (Å²) in [6.45, 7) is 8.63. The van der Waals surface area contributed by atoms with E-state index in [9.17, 15) is 8.42 Å². The minimum absolute atomic E-state index is 0.310. The zero-order valence-electron chi connectivity index (χ0n) is 11.9. The van der Waals surface area contributed by atoms with Crippen molar-refractivity contribution in [3.63, 3.8) is 0 Å². The minimum atomic E-state index is -3.37. The molecule has 0 bridgehead atoms. The molecule has 0 fully saturated rings. The van der Waals surface area contributed by atoms with Crippen LogP contribution in [-0.2, 0) is 14.9 Å². The van der Waals surface area contributed by atoms with Crippen molar-refractivity contribution in [2.75, 3.05) is 39.9 Å². The Hall–Kier alpha value is -0.210. The Kier molecular flexibility index (Phi) is 9.57. The molecule has 0 spiro atoms. The molecule has 6 nitrogen and oxygen atoms in total. The van der Waals surface area contributed by atoms with E-state index in [0.717, 1.165) is 13.0 Å². The molecule has 0 aromatic rings. The summed E-state index contributed by atoms with van der Waals surface area (Å²) < 4.78 is 32.4. The lowest BCUT2D eigenvalue weighted by Crippen LogP contribution is -2.40. The van der Waals surface area contributed by atoms with Crippen molar-refractivity contribution in [2.45, 2.75) is 33.2 Å². The number of hydrogen-bond acceptors (Lipinski definition) is 4. The van der Waals surface area contributed by atoms with Crippen LogP contribution in [-0.4, -0.2) is 58.7 Å². The molecule has 0 heterocycles. The third kappa shape index (κ3) is 8.82. The van der Waals surface area contributed by atoms with Crippen LogP contribution in [0.5, 0.6) is 0 Å². The monoisotopic (exact) mass is 281 g/mol. The molecule has 110 valence electrons. The van der Waals surface area contributed by atoms with E-state index in [1.807, 2.05) is 6.92 Å². The average molecular weight is 281 g/mol. The van der Waals surface area contributed by atoms with E-state index in [4.69, 9.17) is 4.74 Å². The lowest BCUT2D eigenvalue weighted by molar-refractivity contribution is 0.152. The van der Waals surface area contributed by atoms with Gasteiger partial charge in [0.25, 0.3) is 10.2 Å². The van der Waals surface area contributed by atoms with E-state index in [1.54, 1.807) is 7.05 Å². The SMILES string of the molecule is CCOCCNS(=O)(=O)N(C)CCCNC(C)C. The lowest BCUT2D eigenvalue weighted by atomic mass is 10.3. The first kappa shape index (κ1) is 17.8. The van der Waals surface area contributed by atoms with Gasteiger partial charge < -0.3 is 10.1 Å². The Bertz CT molecular complexity index is 294. The molecule has 0 rings (SSSR count). The molecule has 0 atom stereocenters. The van der Waals surface area contributed by atoms with Crippen molar-refractivity contribution < 1.29 is 13.2 Å². The Labute approximate surface area is 111 Å². The first-order valence-corrected chi connectivity index (χ1v) is 7.86. The number of nitrogens with zero attached hydrogens (tertiary/aromatic N) is 1. The molecule has 0 aliphatic carbocycles. The second-order valence-corrected chi connectivity index (χ2v) is 6.24. The van der Waals surface area contributed by atoms with Crippen LogP contribution in [0.1, 0.15) is 27.2 Å². The van der Waals surface area contributed by atoms with Gasteiger partial charge in [-0.3, -0.25) is 0 Å². The second-order valence-electron chi connectivity index (χ2n) is 4.38. The third-order valence-corrected chi connectivity index (χ3v) is 3.92. The van der Waals surface area contributed by atoms with Gasteiger partial charge in [0.15, 0.2) is 0 Å². The summed E-state index contributed by atoms with van der Waals surface area (Å²) in [6, 6.07) is 0.427. The number of nitrogens with one attached hydrogen (secondary N) is 2. The zero-order chi connectivity index (χ0) is 14.0. The van der Waals surface area contributed by atoms with Crippen molar-refractivity contribution in [2.24, 2.45) is 0 Å². The van der Waals surface area contributed by atoms with Crippen LogP contribution in [0, 0.1) is 0 Å². The van der Waals surface area contributed by atoms with Gasteiger partial charge in [-0.15, -0.1) is 0 Å². The van der Waals surface area contributed by atoms with Crippen molar-refractivity contribution in [3.8, 4) is 0 Å². The Balaban J connectivity index is 3.81. The number of rotatable bonds is 11. The summed E-state index contributed by atoms with van der Waals surface area (Å²) in [5.74, 6) is 0. The quantitative estimate of drug-likeness (QED) is 0.530. The maximum Gasteiger partial charge on any atom is 0.279 e. The normalized spacial score (nSPS) is 12.6. The summed E-state index contributed by atoms with van der Waals surface area (Å²) in [7, 11) is -1.78. The van der Waals surface area contributed by atoms with Gasteiger partial charge in [0.2, 0.25) is 0 Å². The number of hydrogen-bond donors (Lipinski definition) is 2. The highest BCUT2D eigenvalue weighted by molar-refractivity contribution is 7.87. The maximum atomic E-state index is 11.8. The topological polar surface area (TPSA) is 70.7 Å². The van der Waals surface area contributed by atoms with E-state index >= 15 is 0 Å². The Morgan fingerprint density at radius 3 is 2.50 bits per heavy atom. The molecule has 0 aliphatic heterocycles. The van der Waals surface area contributed by atoms with Crippen LogP contribution in [0.25, 0.3) is 0 Å². The predicted octanol–water partition coefficient (Wildman–Crippen LogP) is 0.177. The van der Waals surface area contributed by atoms with E-state index in [2.05, 4.69) is 23.9 Å². The fourth-order valence-corrected chi connectivity index (χ4v) is 2.24. The largest absolute Gasteiger partial charge is 0.380 e. The predicted molar refractivity (Wildman–Crippen MR) is 73.8 cm³/mol. The molecule has 0 radical (unpaired) electrons. The van der Waals surface area contributed by atoms with Gasteiger partial charge in [0, 0.05) is 32.8 Å². The summed E-state index contributed by atoms with van der Waals surface area (Å²) in [6.07, 6.45) is 0.793. The van der Waals surface area contributed by atoms with Crippen molar-refractivity contribution in [1.82, 2.24) is 14.3 Å². The van der Waals surface area contributed by atoms with Crippen LogP contribution in [0.2, 0.25) is 0 Å². The van der Waals surface area contributed by atoms with E-state index in [0.29, 0.717) is 32.3 Å². The smallest absolute Gasteiger partial charge is 0.279 e. The molecule has 0 aliphatic rings. The molecule has 0 unspecified atom stereocenters. The van der Waals surface area contributed by atoms with E-state index < -0.39 is 10.2 Å². The van der Waals surface area contributed by atoms with Gasteiger partial charge in [-0.05, 0) is 19.9 Å². The van der Waals surface area contributed by atoms with Gasteiger partial charge in [-0.2, -0.15) is 17.4 Å². The van der Waals surface area contributed by atoms with Crippen LogP contribution < -0.4 is 10.0 Å². The molecule has 0 aromatic carbocycles. The summed E-state index contributed by atoms with van der Waals surface area (Å²) >= 11 is 0. The van der Waals surface area contributed by atoms with Crippen LogP contribution in [0.15, 0.2) is 0 Å². The molecule has 0 saturated carbocycles. The molecule has 0 aromatic heterocycles. The Morgan fingerprint density at radius 1 is 1.28 bits per heavy atom. The summed E-state index contributed by atoms with van der Waals surface area (Å²) in [4.78, 5) is 0. The summed E-state index contributed by atoms with van der Waals surface area (Å²) in [5, 5.41) is 3.25.